The second-order valence-electron chi connectivity index (χ2n) is 6.59. The van der Waals surface area contributed by atoms with Gasteiger partial charge in [-0.25, -0.2) is 9.18 Å². The van der Waals surface area contributed by atoms with E-state index in [1.165, 1.54) is 13.8 Å². The summed E-state index contributed by atoms with van der Waals surface area (Å²) >= 11 is 0. The van der Waals surface area contributed by atoms with Crippen molar-refractivity contribution in [2.75, 3.05) is 6.61 Å². The van der Waals surface area contributed by atoms with Gasteiger partial charge in [-0.1, -0.05) is 19.0 Å². The van der Waals surface area contributed by atoms with Crippen LogP contribution in [0, 0.1) is 5.92 Å². The van der Waals surface area contributed by atoms with Crippen LogP contribution in [0.15, 0.2) is 5.11 Å². The standard InChI is InChI=1S/C17H26FN3O8/c1-6-11(27-9(4)22)14(28-10(5)23)13-8(3)12(20-21-19)15(18)17(25,29-13)16(24)26-7-2/h8,11-15,25H,6-7H2,1-5H3/t8?,11-,12?,13?,14-,15?,17?/m1/s1. The second-order valence-corrected chi connectivity index (χ2v) is 6.59. The highest BCUT2D eigenvalue weighted by Crippen LogP contribution is 2.39. The number of hydrogen-bond acceptors (Lipinski definition) is 9. The molecule has 0 aromatic rings. The highest BCUT2D eigenvalue weighted by Gasteiger charge is 2.61. The van der Waals surface area contributed by atoms with Gasteiger partial charge in [-0.05, 0) is 24.8 Å². The first-order valence-electron chi connectivity index (χ1n) is 9.13. The van der Waals surface area contributed by atoms with E-state index in [0.29, 0.717) is 0 Å². The summed E-state index contributed by atoms with van der Waals surface area (Å²) in [5, 5.41) is 14.0. The maximum absolute atomic E-state index is 15.0. The first kappa shape index (κ1) is 24.6. The highest BCUT2D eigenvalue weighted by molar-refractivity contribution is 5.79. The summed E-state index contributed by atoms with van der Waals surface area (Å²) in [4.78, 5) is 37.9. The van der Waals surface area contributed by atoms with Crippen LogP contribution in [-0.4, -0.2) is 65.9 Å². The Morgan fingerprint density at radius 3 is 2.31 bits per heavy atom. The van der Waals surface area contributed by atoms with Crippen LogP contribution in [0.25, 0.3) is 10.4 Å². The third kappa shape index (κ3) is 5.55. The lowest BCUT2D eigenvalue weighted by Gasteiger charge is -2.47. The average Bonchev–Trinajstić information content (AvgIpc) is 2.64. The fraction of sp³-hybridized carbons (Fsp3) is 0.824. The normalized spacial score (nSPS) is 31.0. The molecule has 5 unspecified atom stereocenters. The third-order valence-corrected chi connectivity index (χ3v) is 4.51. The van der Waals surface area contributed by atoms with Crippen molar-refractivity contribution >= 4 is 17.9 Å². The zero-order valence-corrected chi connectivity index (χ0v) is 16.9. The van der Waals surface area contributed by atoms with Gasteiger partial charge in [-0.2, -0.15) is 0 Å². The molecule has 12 heteroatoms. The summed E-state index contributed by atoms with van der Waals surface area (Å²) < 4.78 is 35.5. The Bertz CT molecular complexity index is 671. The summed E-state index contributed by atoms with van der Waals surface area (Å²) in [6.45, 7) is 6.57. The Morgan fingerprint density at radius 2 is 1.86 bits per heavy atom. The van der Waals surface area contributed by atoms with Gasteiger partial charge in [-0.15, -0.1) is 0 Å². The maximum atomic E-state index is 15.0. The van der Waals surface area contributed by atoms with Gasteiger partial charge in [0.2, 0.25) is 0 Å². The number of carbonyl (C=O) groups excluding carboxylic acids is 3. The minimum Gasteiger partial charge on any atom is -0.462 e. The van der Waals surface area contributed by atoms with Gasteiger partial charge < -0.3 is 24.1 Å². The Balaban J connectivity index is 3.47. The number of esters is 3. The van der Waals surface area contributed by atoms with E-state index in [0.717, 1.165) is 13.8 Å². The molecular weight excluding hydrogens is 393 g/mol. The SMILES string of the molecule is CCOC(=O)C1(O)OC([C@H](OC(C)=O)[C@@H](CC)OC(C)=O)C(C)C(N=[N+]=[N-])C1F. The van der Waals surface area contributed by atoms with Gasteiger partial charge in [-0.3, -0.25) is 9.59 Å². The molecular formula is C17H26FN3O8. The third-order valence-electron chi connectivity index (χ3n) is 4.51. The van der Waals surface area contributed by atoms with Crippen molar-refractivity contribution in [2.24, 2.45) is 11.0 Å². The molecule has 29 heavy (non-hydrogen) atoms. The Labute approximate surface area is 167 Å². The van der Waals surface area contributed by atoms with Crippen LogP contribution in [0.1, 0.15) is 41.0 Å². The number of ether oxygens (including phenoxy) is 4. The second kappa shape index (κ2) is 10.4. The van der Waals surface area contributed by atoms with Crippen molar-refractivity contribution in [3.05, 3.63) is 10.4 Å². The van der Waals surface area contributed by atoms with E-state index in [2.05, 4.69) is 10.0 Å². The van der Waals surface area contributed by atoms with Crippen LogP contribution in [-0.2, 0) is 33.3 Å². The topological polar surface area (TPSA) is 157 Å². The minimum absolute atomic E-state index is 0.174. The van der Waals surface area contributed by atoms with E-state index in [1.54, 1.807) is 6.92 Å². The van der Waals surface area contributed by atoms with Crippen LogP contribution >= 0.6 is 0 Å². The number of carbonyl (C=O) groups is 3. The number of aliphatic hydroxyl groups is 1. The van der Waals surface area contributed by atoms with Gasteiger partial charge in [0.15, 0.2) is 12.3 Å². The van der Waals surface area contributed by atoms with Crippen LogP contribution < -0.4 is 0 Å². The molecule has 1 saturated heterocycles. The fourth-order valence-corrected chi connectivity index (χ4v) is 3.20. The molecule has 11 nitrogen and oxygen atoms in total. The number of halogens is 1. The van der Waals surface area contributed by atoms with E-state index >= 15 is 0 Å². The Hall–Kier alpha value is -2.43. The van der Waals surface area contributed by atoms with E-state index < -0.39 is 60.1 Å². The lowest BCUT2D eigenvalue weighted by Crippen LogP contribution is -2.66. The maximum Gasteiger partial charge on any atom is 0.369 e. The average molecular weight is 419 g/mol. The van der Waals surface area contributed by atoms with Crippen molar-refractivity contribution in [3.63, 3.8) is 0 Å². The first-order chi connectivity index (χ1) is 13.5. The molecule has 164 valence electrons. The lowest BCUT2D eigenvalue weighted by molar-refractivity contribution is -0.313. The number of azide groups is 1. The first-order valence-corrected chi connectivity index (χ1v) is 9.13. The molecule has 1 fully saturated rings. The number of hydrogen-bond donors (Lipinski definition) is 1. The van der Waals surface area contributed by atoms with E-state index in [4.69, 9.17) is 24.5 Å². The molecule has 0 aliphatic carbocycles. The van der Waals surface area contributed by atoms with Crippen molar-refractivity contribution in [1.82, 2.24) is 0 Å². The van der Waals surface area contributed by atoms with Crippen LogP contribution in [0.5, 0.6) is 0 Å². The van der Waals surface area contributed by atoms with Crippen LogP contribution in [0.2, 0.25) is 0 Å². The highest BCUT2D eigenvalue weighted by atomic mass is 19.1. The molecule has 1 rings (SSSR count). The minimum atomic E-state index is -3.11. The number of rotatable bonds is 8. The van der Waals surface area contributed by atoms with Crippen molar-refractivity contribution in [2.45, 2.75) is 77.4 Å². The predicted octanol–water partition coefficient (Wildman–Crippen LogP) is 1.56. The van der Waals surface area contributed by atoms with Gasteiger partial charge in [0, 0.05) is 18.8 Å². The molecule has 0 spiro atoms. The van der Waals surface area contributed by atoms with Gasteiger partial charge in [0.05, 0.1) is 12.6 Å². The fourth-order valence-electron chi connectivity index (χ4n) is 3.20. The van der Waals surface area contributed by atoms with E-state index in [1.807, 2.05) is 0 Å². The predicted molar refractivity (Wildman–Crippen MR) is 94.8 cm³/mol. The molecule has 0 radical (unpaired) electrons. The summed E-state index contributed by atoms with van der Waals surface area (Å²) in [6.07, 6.45) is -5.98. The summed E-state index contributed by atoms with van der Waals surface area (Å²) in [5.41, 5.74) is 8.81. The molecule has 0 amide bonds. The molecule has 0 aromatic carbocycles. The summed E-state index contributed by atoms with van der Waals surface area (Å²) in [7, 11) is 0. The summed E-state index contributed by atoms with van der Waals surface area (Å²) in [6, 6.07) is -1.55. The molecule has 0 saturated carbocycles. The number of nitrogens with zero attached hydrogens (tertiary/aromatic N) is 3. The monoisotopic (exact) mass is 419 g/mol. The van der Waals surface area contributed by atoms with E-state index in [-0.39, 0.29) is 13.0 Å². The molecule has 0 bridgehead atoms. The smallest absolute Gasteiger partial charge is 0.369 e. The summed E-state index contributed by atoms with van der Waals surface area (Å²) in [5.74, 6) is -6.94. The van der Waals surface area contributed by atoms with Gasteiger partial charge in [0.25, 0.3) is 5.79 Å². The van der Waals surface area contributed by atoms with Gasteiger partial charge >= 0.3 is 17.9 Å². The molecule has 1 aliphatic heterocycles. The lowest BCUT2D eigenvalue weighted by atomic mass is 9.81. The quantitative estimate of drug-likeness (QED) is 0.204. The molecule has 1 heterocycles. The molecule has 7 atom stereocenters. The van der Waals surface area contributed by atoms with E-state index in [9.17, 15) is 23.9 Å². The zero-order chi connectivity index (χ0) is 22.4. The van der Waals surface area contributed by atoms with Gasteiger partial charge in [0.1, 0.15) is 12.2 Å². The molecule has 1 N–H and O–H groups in total. The molecule has 1 aliphatic rings. The van der Waals surface area contributed by atoms with Crippen LogP contribution in [0.4, 0.5) is 4.39 Å². The number of alkyl halides is 1. The Kier molecular flexibility index (Phi) is 8.80. The Morgan fingerprint density at radius 1 is 1.28 bits per heavy atom. The zero-order valence-electron chi connectivity index (χ0n) is 16.9. The van der Waals surface area contributed by atoms with Crippen LogP contribution in [0.3, 0.4) is 0 Å². The molecule has 0 aromatic heterocycles. The largest absolute Gasteiger partial charge is 0.462 e. The van der Waals surface area contributed by atoms with Crippen molar-refractivity contribution < 1.29 is 42.8 Å². The van der Waals surface area contributed by atoms with Crippen molar-refractivity contribution in [1.29, 1.82) is 0 Å². The van der Waals surface area contributed by atoms with Crippen molar-refractivity contribution in [3.8, 4) is 0 Å².